The molecule has 2 aromatic rings. The minimum Gasteiger partial charge on any atom is -0.496 e. The van der Waals surface area contributed by atoms with Crippen LogP contribution in [0.3, 0.4) is 0 Å². The van der Waals surface area contributed by atoms with Crippen molar-refractivity contribution in [1.29, 1.82) is 0 Å². The molecular formula is C23H28N2O4S. The number of ether oxygens (including phenoxy) is 1. The number of sulfonamides is 1. The van der Waals surface area contributed by atoms with E-state index in [-0.39, 0.29) is 10.8 Å². The lowest BCUT2D eigenvalue weighted by atomic mass is 10.0. The third-order valence-electron chi connectivity index (χ3n) is 5.95. The van der Waals surface area contributed by atoms with E-state index in [2.05, 4.69) is 0 Å². The molecule has 7 heteroatoms. The fourth-order valence-corrected chi connectivity index (χ4v) is 5.90. The van der Waals surface area contributed by atoms with Crippen molar-refractivity contribution in [3.05, 3.63) is 53.6 Å². The second-order valence-corrected chi connectivity index (χ2v) is 9.74. The van der Waals surface area contributed by atoms with Crippen molar-refractivity contribution in [1.82, 2.24) is 4.90 Å². The van der Waals surface area contributed by atoms with Gasteiger partial charge in [0.2, 0.25) is 0 Å². The predicted molar refractivity (Wildman–Crippen MR) is 117 cm³/mol. The Morgan fingerprint density at radius 2 is 1.67 bits per heavy atom. The van der Waals surface area contributed by atoms with Crippen molar-refractivity contribution in [2.45, 2.75) is 43.4 Å². The van der Waals surface area contributed by atoms with Gasteiger partial charge in [-0.1, -0.05) is 31.0 Å². The molecule has 1 fully saturated rings. The minimum absolute atomic E-state index is 0.123. The summed E-state index contributed by atoms with van der Waals surface area (Å²) in [6, 6.07) is 12.2. The minimum atomic E-state index is -3.79. The molecule has 30 heavy (non-hydrogen) atoms. The number of likely N-dealkylation sites (tertiary alicyclic amines) is 1. The molecule has 6 nitrogen and oxygen atoms in total. The third kappa shape index (κ3) is 3.90. The molecule has 1 amide bonds. The monoisotopic (exact) mass is 428 g/mol. The van der Waals surface area contributed by atoms with Gasteiger partial charge < -0.3 is 9.64 Å². The highest BCUT2D eigenvalue weighted by Crippen LogP contribution is 2.33. The van der Waals surface area contributed by atoms with Gasteiger partial charge in [-0.15, -0.1) is 0 Å². The first-order chi connectivity index (χ1) is 14.5. The summed E-state index contributed by atoms with van der Waals surface area (Å²) in [7, 11) is -2.28. The number of amides is 1. The molecule has 2 aliphatic rings. The van der Waals surface area contributed by atoms with Gasteiger partial charge in [-0.3, -0.25) is 9.10 Å². The summed E-state index contributed by atoms with van der Waals surface area (Å²) in [6.45, 7) is 1.82. The number of fused-ring (bicyclic) bond motifs is 1. The summed E-state index contributed by atoms with van der Waals surface area (Å²) >= 11 is 0. The van der Waals surface area contributed by atoms with Gasteiger partial charge in [-0.05, 0) is 55.5 Å². The normalized spacial score (nSPS) is 17.2. The molecule has 2 aromatic carbocycles. The number of benzene rings is 2. The van der Waals surface area contributed by atoms with Gasteiger partial charge in [0, 0.05) is 19.6 Å². The molecule has 2 heterocycles. The number of carbonyl (C=O) groups is 1. The van der Waals surface area contributed by atoms with Crippen LogP contribution in [0.4, 0.5) is 5.69 Å². The van der Waals surface area contributed by atoms with Gasteiger partial charge in [-0.2, -0.15) is 0 Å². The van der Waals surface area contributed by atoms with Crippen LogP contribution in [0.1, 0.15) is 48.0 Å². The molecule has 2 aliphatic heterocycles. The lowest BCUT2D eigenvalue weighted by Crippen LogP contribution is -2.36. The van der Waals surface area contributed by atoms with E-state index in [1.54, 1.807) is 6.07 Å². The Morgan fingerprint density at radius 1 is 0.933 bits per heavy atom. The maximum Gasteiger partial charge on any atom is 0.264 e. The number of aryl methyl sites for hydroxylation is 1. The Morgan fingerprint density at radius 3 is 2.40 bits per heavy atom. The summed E-state index contributed by atoms with van der Waals surface area (Å²) in [5.74, 6) is 0.243. The number of hydrogen-bond donors (Lipinski definition) is 0. The fraction of sp³-hybridized carbons (Fsp3) is 0.435. The summed E-state index contributed by atoms with van der Waals surface area (Å²) in [6.07, 6.45) is 5.80. The van der Waals surface area contributed by atoms with E-state index in [1.165, 1.54) is 23.5 Å². The first-order valence-corrected chi connectivity index (χ1v) is 12.0. The van der Waals surface area contributed by atoms with Crippen LogP contribution in [0.5, 0.6) is 5.75 Å². The van der Waals surface area contributed by atoms with E-state index in [1.807, 2.05) is 29.2 Å². The smallest absolute Gasteiger partial charge is 0.264 e. The van der Waals surface area contributed by atoms with E-state index in [0.29, 0.717) is 30.9 Å². The standard InChI is InChI=1S/C23H28N2O4S/c1-29-22-13-12-19(17-20(22)23(26)24-14-6-2-3-7-15-24)30(27,28)25-16-8-10-18-9-4-5-11-21(18)25/h4-5,9,11-13,17H,2-3,6-8,10,14-16H2,1H3. The van der Waals surface area contributed by atoms with E-state index in [0.717, 1.165) is 49.8 Å². The molecule has 0 bridgehead atoms. The van der Waals surface area contributed by atoms with E-state index in [4.69, 9.17) is 4.74 Å². The van der Waals surface area contributed by atoms with Crippen LogP contribution in [-0.2, 0) is 16.4 Å². The van der Waals surface area contributed by atoms with Gasteiger partial charge in [0.15, 0.2) is 0 Å². The van der Waals surface area contributed by atoms with Crippen molar-refractivity contribution in [3.63, 3.8) is 0 Å². The topological polar surface area (TPSA) is 66.9 Å². The molecular weight excluding hydrogens is 400 g/mol. The van der Waals surface area contributed by atoms with Gasteiger partial charge in [0.1, 0.15) is 5.75 Å². The van der Waals surface area contributed by atoms with Gasteiger partial charge in [-0.25, -0.2) is 8.42 Å². The Bertz CT molecular complexity index is 1030. The van der Waals surface area contributed by atoms with Gasteiger partial charge in [0.25, 0.3) is 15.9 Å². The Balaban J connectivity index is 1.71. The predicted octanol–water partition coefficient (Wildman–Crippen LogP) is 3.85. The highest BCUT2D eigenvalue weighted by atomic mass is 32.2. The average Bonchev–Trinajstić information content (AvgIpc) is 3.07. The zero-order valence-electron chi connectivity index (χ0n) is 17.3. The zero-order chi connectivity index (χ0) is 21.1. The van der Waals surface area contributed by atoms with Crippen LogP contribution in [-0.4, -0.2) is 46.0 Å². The van der Waals surface area contributed by atoms with Crippen LogP contribution in [0, 0.1) is 0 Å². The van der Waals surface area contributed by atoms with Crippen LogP contribution >= 0.6 is 0 Å². The number of para-hydroxylation sites is 1. The SMILES string of the molecule is COc1ccc(S(=O)(=O)N2CCCc3ccccc32)cc1C(=O)N1CCCCCC1. The first kappa shape index (κ1) is 20.7. The van der Waals surface area contributed by atoms with Gasteiger partial charge >= 0.3 is 0 Å². The van der Waals surface area contributed by atoms with Crippen LogP contribution in [0.2, 0.25) is 0 Å². The largest absolute Gasteiger partial charge is 0.496 e. The van der Waals surface area contributed by atoms with Crippen LogP contribution in [0.25, 0.3) is 0 Å². The number of hydrogen-bond acceptors (Lipinski definition) is 4. The van der Waals surface area contributed by atoms with Crippen molar-refractivity contribution >= 4 is 21.6 Å². The molecule has 0 unspecified atom stereocenters. The van der Waals surface area contributed by atoms with Crippen molar-refractivity contribution < 1.29 is 17.9 Å². The van der Waals surface area contributed by atoms with Crippen LogP contribution < -0.4 is 9.04 Å². The summed E-state index contributed by atoms with van der Waals surface area (Å²) < 4.78 is 33.9. The average molecular weight is 429 g/mol. The summed E-state index contributed by atoms with van der Waals surface area (Å²) in [5.41, 5.74) is 2.06. The lowest BCUT2D eigenvalue weighted by Gasteiger charge is -2.30. The van der Waals surface area contributed by atoms with E-state index < -0.39 is 10.0 Å². The lowest BCUT2D eigenvalue weighted by molar-refractivity contribution is 0.0758. The quantitative estimate of drug-likeness (QED) is 0.742. The molecule has 0 radical (unpaired) electrons. The summed E-state index contributed by atoms with van der Waals surface area (Å²) in [5, 5.41) is 0. The molecule has 0 N–H and O–H groups in total. The zero-order valence-corrected chi connectivity index (χ0v) is 18.2. The Hall–Kier alpha value is -2.54. The molecule has 0 spiro atoms. The molecule has 4 rings (SSSR count). The number of methoxy groups -OCH3 is 1. The Labute approximate surface area is 178 Å². The molecule has 160 valence electrons. The molecule has 1 saturated heterocycles. The second kappa shape index (κ2) is 8.68. The van der Waals surface area contributed by atoms with Gasteiger partial charge in [0.05, 0.1) is 23.3 Å². The number of nitrogens with zero attached hydrogens (tertiary/aromatic N) is 2. The van der Waals surface area contributed by atoms with Crippen molar-refractivity contribution in [2.75, 3.05) is 31.0 Å². The fourth-order valence-electron chi connectivity index (χ4n) is 4.33. The maximum absolute atomic E-state index is 13.5. The third-order valence-corrected chi connectivity index (χ3v) is 7.76. The Kier molecular flexibility index (Phi) is 5.99. The van der Waals surface area contributed by atoms with E-state index in [9.17, 15) is 13.2 Å². The summed E-state index contributed by atoms with van der Waals surface area (Å²) in [4.78, 5) is 15.2. The molecule has 0 aromatic heterocycles. The van der Waals surface area contributed by atoms with Crippen LogP contribution in [0.15, 0.2) is 47.4 Å². The maximum atomic E-state index is 13.5. The highest BCUT2D eigenvalue weighted by molar-refractivity contribution is 7.92. The number of anilines is 1. The number of rotatable bonds is 4. The van der Waals surface area contributed by atoms with E-state index >= 15 is 0 Å². The van der Waals surface area contributed by atoms with Crippen molar-refractivity contribution in [3.8, 4) is 5.75 Å². The molecule has 0 aliphatic carbocycles. The first-order valence-electron chi connectivity index (χ1n) is 10.6. The van der Waals surface area contributed by atoms with Crippen molar-refractivity contribution in [2.24, 2.45) is 0 Å². The molecule has 0 saturated carbocycles. The number of carbonyl (C=O) groups excluding carboxylic acids is 1. The molecule has 0 atom stereocenters. The second-order valence-electron chi connectivity index (χ2n) is 7.88. The highest BCUT2D eigenvalue weighted by Gasteiger charge is 2.31.